The quantitative estimate of drug-likeness (QED) is 0.530. The third-order valence-electron chi connectivity index (χ3n) is 0.817. The topological polar surface area (TPSA) is 61.8 Å². The third kappa shape index (κ3) is 17.5. The lowest BCUT2D eigenvalue weighted by Crippen LogP contribution is -1.95. The van der Waals surface area contributed by atoms with Gasteiger partial charge >= 0.3 is 14.2 Å². The first-order valence-electron chi connectivity index (χ1n) is 4.44. The van der Waals surface area contributed by atoms with Crippen molar-refractivity contribution < 1.29 is 23.1 Å². The van der Waals surface area contributed by atoms with Crippen LogP contribution in [0.15, 0.2) is 0 Å². The van der Waals surface area contributed by atoms with Crippen LogP contribution in [0.5, 0.6) is 0 Å². The number of carbonyl (C=O) groups is 1. The zero-order valence-corrected chi connectivity index (χ0v) is 10.0. The van der Waals surface area contributed by atoms with Crippen LogP contribution in [0.4, 0.5) is 0 Å². The van der Waals surface area contributed by atoms with Gasteiger partial charge in [-0.1, -0.05) is 0 Å². The first-order chi connectivity index (χ1) is 6.58. The summed E-state index contributed by atoms with van der Waals surface area (Å²) in [5, 5.41) is 0. The van der Waals surface area contributed by atoms with Crippen LogP contribution in [0.25, 0.3) is 0 Å². The van der Waals surface area contributed by atoms with E-state index in [9.17, 15) is 9.36 Å². The van der Waals surface area contributed by atoms with E-state index in [1.807, 2.05) is 0 Å². The maximum absolute atomic E-state index is 10.3. The first-order valence-corrected chi connectivity index (χ1v) is 5.54. The molecule has 0 fully saturated rings. The number of hydrogen-bond acceptors (Lipinski definition) is 5. The third-order valence-corrected chi connectivity index (χ3v) is 1.75. The van der Waals surface area contributed by atoms with Gasteiger partial charge in [-0.05, 0) is 20.8 Å². The highest BCUT2D eigenvalue weighted by Gasteiger charge is 2.15. The average molecular weight is 225 g/mol. The molecule has 84 valence electrons. The van der Waals surface area contributed by atoms with Gasteiger partial charge in [0.25, 0.3) is 0 Å². The predicted molar refractivity (Wildman–Crippen MR) is 53.2 cm³/mol. The Balaban J connectivity index is 0. The molecule has 5 nitrogen and oxygen atoms in total. The fraction of sp³-hybridized carbons (Fsp3) is 0.875. The van der Waals surface area contributed by atoms with Crippen LogP contribution in [0.2, 0.25) is 0 Å². The van der Waals surface area contributed by atoms with Crippen LogP contribution in [-0.4, -0.2) is 25.8 Å². The Hall–Kier alpha value is -0.510. The van der Waals surface area contributed by atoms with E-state index in [0.29, 0.717) is 19.8 Å². The van der Waals surface area contributed by atoms with Gasteiger partial charge < -0.3 is 4.74 Å². The second-order valence-corrected chi connectivity index (χ2v) is 2.95. The summed E-state index contributed by atoms with van der Waals surface area (Å²) in [6, 6.07) is 0. The number of ether oxygens (including phenoxy) is 1. The molecule has 0 spiro atoms. The minimum atomic E-state index is -1.83. The molecule has 0 aliphatic carbocycles. The molecule has 0 atom stereocenters. The van der Waals surface area contributed by atoms with Crippen molar-refractivity contribution in [3.05, 3.63) is 0 Å². The molecule has 0 saturated heterocycles. The van der Waals surface area contributed by atoms with E-state index in [1.165, 1.54) is 6.92 Å². The summed E-state index contributed by atoms with van der Waals surface area (Å²) in [5.41, 5.74) is 0. The van der Waals surface area contributed by atoms with Gasteiger partial charge in [0.05, 0.1) is 6.61 Å². The summed E-state index contributed by atoms with van der Waals surface area (Å²) in [4.78, 5) is 9.82. The van der Waals surface area contributed by atoms with Crippen LogP contribution in [0, 0.1) is 0 Å². The molecule has 14 heavy (non-hydrogen) atoms. The summed E-state index contributed by atoms with van der Waals surface area (Å²) in [6.07, 6.45) is 0. The molecule has 0 N–H and O–H groups in total. The lowest BCUT2D eigenvalue weighted by atomic mass is 10.8. The van der Waals surface area contributed by atoms with Gasteiger partial charge in [-0.25, -0.2) is 0 Å². The normalized spacial score (nSPS) is 8.57. The molecular weight excluding hydrogens is 207 g/mol. The van der Waals surface area contributed by atoms with Crippen molar-refractivity contribution in [1.82, 2.24) is 0 Å². The maximum atomic E-state index is 10.3. The minimum Gasteiger partial charge on any atom is -0.466 e. The fourth-order valence-corrected chi connectivity index (χ4v) is 0.948. The predicted octanol–water partition coefficient (Wildman–Crippen LogP) is 2.29. The van der Waals surface area contributed by atoms with Crippen molar-refractivity contribution in [2.45, 2.75) is 27.7 Å². The SMILES string of the molecule is CCOC(C)=O.CCO[P+](=O)OCC. The van der Waals surface area contributed by atoms with E-state index in [-0.39, 0.29) is 5.97 Å². The summed E-state index contributed by atoms with van der Waals surface area (Å²) in [5.74, 6) is -0.211. The maximum Gasteiger partial charge on any atom is 0.697 e. The number of rotatable bonds is 5. The second-order valence-electron chi connectivity index (χ2n) is 1.98. The number of hydrogen-bond donors (Lipinski definition) is 0. The van der Waals surface area contributed by atoms with E-state index < -0.39 is 8.25 Å². The molecule has 0 saturated carbocycles. The van der Waals surface area contributed by atoms with Gasteiger partial charge in [0.15, 0.2) is 0 Å². The van der Waals surface area contributed by atoms with Crippen molar-refractivity contribution in [1.29, 1.82) is 0 Å². The van der Waals surface area contributed by atoms with Crippen molar-refractivity contribution >= 4 is 14.2 Å². The van der Waals surface area contributed by atoms with Gasteiger partial charge in [-0.2, -0.15) is 0 Å². The van der Waals surface area contributed by atoms with E-state index in [2.05, 4.69) is 13.8 Å². The Kier molecular flexibility index (Phi) is 14.2. The Morgan fingerprint density at radius 3 is 1.64 bits per heavy atom. The Morgan fingerprint density at radius 1 is 1.07 bits per heavy atom. The van der Waals surface area contributed by atoms with Crippen LogP contribution >= 0.6 is 8.25 Å². The molecule has 0 bridgehead atoms. The molecule has 0 amide bonds. The summed E-state index contributed by atoms with van der Waals surface area (Å²) < 4.78 is 23.9. The summed E-state index contributed by atoms with van der Waals surface area (Å²) >= 11 is 0. The van der Waals surface area contributed by atoms with E-state index in [1.54, 1.807) is 20.8 Å². The van der Waals surface area contributed by atoms with Crippen LogP contribution in [-0.2, 0) is 23.1 Å². The molecule has 0 aliphatic rings. The largest absolute Gasteiger partial charge is 0.697 e. The van der Waals surface area contributed by atoms with E-state index in [0.717, 1.165) is 0 Å². The molecule has 0 aliphatic heterocycles. The Labute approximate surface area is 85.7 Å². The van der Waals surface area contributed by atoms with Crippen molar-refractivity contribution in [3.63, 3.8) is 0 Å². The Bertz CT molecular complexity index is 152. The van der Waals surface area contributed by atoms with Gasteiger partial charge in [0, 0.05) is 11.5 Å². The summed E-state index contributed by atoms with van der Waals surface area (Å²) in [7, 11) is -1.83. The highest BCUT2D eigenvalue weighted by Crippen LogP contribution is 2.21. The zero-order chi connectivity index (χ0) is 11.4. The van der Waals surface area contributed by atoms with Crippen LogP contribution < -0.4 is 0 Å². The van der Waals surface area contributed by atoms with Gasteiger partial charge in [-0.15, -0.1) is 9.05 Å². The molecular formula is C8H18O5P+. The van der Waals surface area contributed by atoms with Crippen molar-refractivity contribution in [2.75, 3.05) is 19.8 Å². The van der Waals surface area contributed by atoms with E-state index in [4.69, 9.17) is 0 Å². The monoisotopic (exact) mass is 225 g/mol. The number of carbonyl (C=O) groups excluding carboxylic acids is 1. The molecule has 0 aromatic carbocycles. The molecule has 6 heteroatoms. The standard InChI is InChI=1S/C4H10O3P.C4H8O2/c1-3-6-8(5)7-4-2;1-3-6-4(2)5/h3-4H2,1-2H3;3H2,1-2H3/q+1;. The first kappa shape index (κ1) is 15.9. The fourth-order valence-electron chi connectivity index (χ4n) is 0.451. The highest BCUT2D eigenvalue weighted by molar-refractivity contribution is 7.33. The minimum absolute atomic E-state index is 0.211. The molecule has 0 heterocycles. The van der Waals surface area contributed by atoms with Gasteiger partial charge in [-0.3, -0.25) is 4.79 Å². The molecule has 0 unspecified atom stereocenters. The zero-order valence-electron chi connectivity index (χ0n) is 9.11. The molecule has 0 aromatic heterocycles. The second kappa shape index (κ2) is 12.5. The van der Waals surface area contributed by atoms with Crippen LogP contribution in [0.1, 0.15) is 27.7 Å². The van der Waals surface area contributed by atoms with Crippen molar-refractivity contribution in [2.24, 2.45) is 0 Å². The smallest absolute Gasteiger partial charge is 0.466 e. The molecule has 0 rings (SSSR count). The lowest BCUT2D eigenvalue weighted by Gasteiger charge is -1.89. The lowest BCUT2D eigenvalue weighted by molar-refractivity contribution is -0.140. The van der Waals surface area contributed by atoms with E-state index >= 15 is 0 Å². The Morgan fingerprint density at radius 2 is 1.50 bits per heavy atom. The van der Waals surface area contributed by atoms with Gasteiger partial charge in [0.1, 0.15) is 13.2 Å². The molecule has 0 radical (unpaired) electrons. The van der Waals surface area contributed by atoms with Gasteiger partial charge in [0.2, 0.25) is 0 Å². The average Bonchev–Trinajstić information content (AvgIpc) is 2.05. The number of esters is 1. The highest BCUT2D eigenvalue weighted by atomic mass is 31.1. The summed E-state index contributed by atoms with van der Waals surface area (Å²) in [6.45, 7) is 8.07. The van der Waals surface area contributed by atoms with Crippen LogP contribution in [0.3, 0.4) is 0 Å². The van der Waals surface area contributed by atoms with Crippen molar-refractivity contribution in [3.8, 4) is 0 Å². The molecule has 0 aromatic rings.